The van der Waals surface area contributed by atoms with Crippen molar-refractivity contribution < 1.29 is 19.1 Å². The molecule has 1 atom stereocenters. The van der Waals surface area contributed by atoms with Crippen LogP contribution in [-0.2, 0) is 19.1 Å². The van der Waals surface area contributed by atoms with E-state index in [0.717, 1.165) is 6.42 Å². The maximum absolute atomic E-state index is 11.9. The summed E-state index contributed by atoms with van der Waals surface area (Å²) >= 11 is 0. The molecule has 0 aromatic rings. The van der Waals surface area contributed by atoms with Gasteiger partial charge in [-0.15, -0.1) is 0 Å². The summed E-state index contributed by atoms with van der Waals surface area (Å²) in [6, 6.07) is 0. The minimum atomic E-state index is -0.458. The fourth-order valence-corrected chi connectivity index (χ4v) is 1.70. The van der Waals surface area contributed by atoms with Crippen molar-refractivity contribution in [3.8, 4) is 0 Å². The number of carbonyl (C=O) groups is 2. The fraction of sp³-hybridized carbons (Fsp3) is 0.875. The van der Waals surface area contributed by atoms with E-state index in [4.69, 9.17) is 9.47 Å². The average molecular weight is 286 g/mol. The number of hydrogen-bond donors (Lipinski definition) is 0. The average Bonchev–Trinajstić information content (AvgIpc) is 2.29. The molecule has 0 aromatic heterocycles. The van der Waals surface area contributed by atoms with Crippen molar-refractivity contribution in [2.75, 3.05) is 6.61 Å². The van der Waals surface area contributed by atoms with Crippen molar-refractivity contribution in [1.82, 2.24) is 0 Å². The molecule has 20 heavy (non-hydrogen) atoms. The molecule has 0 saturated carbocycles. The zero-order chi connectivity index (χ0) is 15.8. The normalized spacial score (nSPS) is 13.2. The Morgan fingerprint density at radius 1 is 1.15 bits per heavy atom. The van der Waals surface area contributed by atoms with Gasteiger partial charge in [0.1, 0.15) is 5.60 Å². The Kier molecular flexibility index (Phi) is 8.51. The van der Waals surface area contributed by atoms with E-state index in [1.165, 1.54) is 0 Å². The molecule has 0 bridgehead atoms. The second-order valence-corrected chi connectivity index (χ2v) is 6.61. The van der Waals surface area contributed by atoms with Crippen LogP contribution < -0.4 is 0 Å². The van der Waals surface area contributed by atoms with E-state index in [9.17, 15) is 9.59 Å². The van der Waals surface area contributed by atoms with Crippen LogP contribution in [0.5, 0.6) is 0 Å². The molecule has 1 unspecified atom stereocenters. The molecule has 0 radical (unpaired) electrons. The highest BCUT2D eigenvalue weighted by atomic mass is 16.6. The molecule has 0 aromatic carbocycles. The smallest absolute Gasteiger partial charge is 0.309 e. The van der Waals surface area contributed by atoms with Crippen molar-refractivity contribution in [2.45, 2.75) is 72.8 Å². The van der Waals surface area contributed by atoms with Crippen molar-refractivity contribution in [3.63, 3.8) is 0 Å². The Balaban J connectivity index is 4.01. The Labute approximate surface area is 123 Å². The Hall–Kier alpha value is -1.06. The molecule has 0 heterocycles. The minimum absolute atomic E-state index is 0.132. The van der Waals surface area contributed by atoms with Gasteiger partial charge in [0.05, 0.1) is 12.5 Å². The number of hydrogen-bond acceptors (Lipinski definition) is 4. The van der Waals surface area contributed by atoms with Gasteiger partial charge < -0.3 is 9.47 Å². The molecule has 0 rings (SSSR count). The van der Waals surface area contributed by atoms with Crippen LogP contribution in [0.3, 0.4) is 0 Å². The monoisotopic (exact) mass is 286 g/mol. The van der Waals surface area contributed by atoms with E-state index in [2.05, 4.69) is 0 Å². The SMILES string of the molecule is CCC(CCCC(=O)OCC(C)C)C(=O)OC(C)(C)C. The molecule has 0 aliphatic carbocycles. The first-order chi connectivity index (χ1) is 9.15. The first-order valence-electron chi connectivity index (χ1n) is 7.54. The molecule has 4 heteroatoms. The summed E-state index contributed by atoms with van der Waals surface area (Å²) < 4.78 is 10.5. The maximum atomic E-state index is 11.9. The highest BCUT2D eigenvalue weighted by molar-refractivity contribution is 5.73. The summed E-state index contributed by atoms with van der Waals surface area (Å²) in [6.45, 7) is 12.0. The number of esters is 2. The summed E-state index contributed by atoms with van der Waals surface area (Å²) in [5.41, 5.74) is -0.458. The van der Waals surface area contributed by atoms with Gasteiger partial charge in [-0.1, -0.05) is 20.8 Å². The summed E-state index contributed by atoms with van der Waals surface area (Å²) in [7, 11) is 0. The minimum Gasteiger partial charge on any atom is -0.465 e. The van der Waals surface area contributed by atoms with Gasteiger partial charge >= 0.3 is 11.9 Å². The Bertz CT molecular complexity index is 302. The van der Waals surface area contributed by atoms with Gasteiger partial charge in [0, 0.05) is 6.42 Å². The Morgan fingerprint density at radius 3 is 2.20 bits per heavy atom. The summed E-state index contributed by atoms with van der Waals surface area (Å²) in [4.78, 5) is 23.4. The molecular weight excluding hydrogens is 256 g/mol. The lowest BCUT2D eigenvalue weighted by atomic mass is 9.99. The molecule has 0 aliphatic rings. The lowest BCUT2D eigenvalue weighted by Gasteiger charge is -2.23. The predicted molar refractivity (Wildman–Crippen MR) is 79.3 cm³/mol. The van der Waals surface area contributed by atoms with E-state index in [0.29, 0.717) is 31.8 Å². The van der Waals surface area contributed by atoms with Crippen molar-refractivity contribution in [3.05, 3.63) is 0 Å². The molecule has 0 saturated heterocycles. The number of rotatable bonds is 8. The lowest BCUT2D eigenvalue weighted by Crippen LogP contribution is -2.28. The molecule has 118 valence electrons. The summed E-state index contributed by atoms with van der Waals surface area (Å²) in [5.74, 6) is -0.135. The van der Waals surface area contributed by atoms with Crippen LogP contribution in [0.15, 0.2) is 0 Å². The van der Waals surface area contributed by atoms with Crippen LogP contribution in [-0.4, -0.2) is 24.1 Å². The molecule has 0 spiro atoms. The van der Waals surface area contributed by atoms with Crippen molar-refractivity contribution in [2.24, 2.45) is 11.8 Å². The highest BCUT2D eigenvalue weighted by Crippen LogP contribution is 2.18. The quantitative estimate of drug-likeness (QED) is 0.638. The standard InChI is InChI=1S/C16H30O4/c1-7-13(15(18)20-16(4,5)6)9-8-10-14(17)19-11-12(2)3/h12-13H,7-11H2,1-6H3. The molecule has 0 amide bonds. The van der Waals surface area contributed by atoms with Crippen molar-refractivity contribution >= 4 is 11.9 Å². The maximum Gasteiger partial charge on any atom is 0.309 e. The molecular formula is C16H30O4. The third-order valence-corrected chi connectivity index (χ3v) is 2.74. The highest BCUT2D eigenvalue weighted by Gasteiger charge is 2.23. The first kappa shape index (κ1) is 18.9. The van der Waals surface area contributed by atoms with Crippen molar-refractivity contribution in [1.29, 1.82) is 0 Å². The fourth-order valence-electron chi connectivity index (χ4n) is 1.70. The topological polar surface area (TPSA) is 52.6 Å². The van der Waals surface area contributed by atoms with Crippen LogP contribution in [0.1, 0.15) is 67.2 Å². The second-order valence-electron chi connectivity index (χ2n) is 6.61. The van der Waals surface area contributed by atoms with Gasteiger partial charge in [0.15, 0.2) is 0 Å². The van der Waals surface area contributed by atoms with E-state index in [1.807, 2.05) is 41.5 Å². The molecule has 0 aliphatic heterocycles. The predicted octanol–water partition coefficient (Wildman–Crippen LogP) is 3.72. The van der Waals surface area contributed by atoms with Crippen LogP contribution in [0.4, 0.5) is 0 Å². The van der Waals surface area contributed by atoms with E-state index in [-0.39, 0.29) is 17.9 Å². The third kappa shape index (κ3) is 9.82. The van der Waals surface area contributed by atoms with Gasteiger partial charge in [-0.3, -0.25) is 9.59 Å². The van der Waals surface area contributed by atoms with Gasteiger partial charge in [-0.2, -0.15) is 0 Å². The number of carbonyl (C=O) groups excluding carboxylic acids is 2. The van der Waals surface area contributed by atoms with Gasteiger partial charge in [-0.25, -0.2) is 0 Å². The second kappa shape index (κ2) is 8.98. The molecule has 0 fully saturated rings. The number of ether oxygens (including phenoxy) is 2. The summed E-state index contributed by atoms with van der Waals surface area (Å²) in [6.07, 6.45) is 2.43. The van der Waals surface area contributed by atoms with Gasteiger partial charge in [0.2, 0.25) is 0 Å². The zero-order valence-electron chi connectivity index (χ0n) is 13.8. The van der Waals surface area contributed by atoms with Crippen LogP contribution in [0.25, 0.3) is 0 Å². The van der Waals surface area contributed by atoms with Crippen LogP contribution in [0, 0.1) is 11.8 Å². The van der Waals surface area contributed by atoms with E-state index in [1.54, 1.807) is 0 Å². The van der Waals surface area contributed by atoms with Gasteiger partial charge in [-0.05, 0) is 46.0 Å². The molecule has 4 nitrogen and oxygen atoms in total. The van der Waals surface area contributed by atoms with Crippen LogP contribution in [0.2, 0.25) is 0 Å². The van der Waals surface area contributed by atoms with E-state index < -0.39 is 5.60 Å². The molecule has 0 N–H and O–H groups in total. The lowest BCUT2D eigenvalue weighted by molar-refractivity contribution is -0.160. The van der Waals surface area contributed by atoms with E-state index >= 15 is 0 Å². The first-order valence-corrected chi connectivity index (χ1v) is 7.54. The van der Waals surface area contributed by atoms with Gasteiger partial charge in [0.25, 0.3) is 0 Å². The van der Waals surface area contributed by atoms with Crippen LogP contribution >= 0.6 is 0 Å². The summed E-state index contributed by atoms with van der Waals surface area (Å²) in [5, 5.41) is 0. The zero-order valence-corrected chi connectivity index (χ0v) is 13.8. The Morgan fingerprint density at radius 2 is 1.75 bits per heavy atom. The third-order valence-electron chi connectivity index (χ3n) is 2.74. The largest absolute Gasteiger partial charge is 0.465 e.